The zero-order valence-corrected chi connectivity index (χ0v) is 31.8. The molecule has 0 aromatic carbocycles. The summed E-state index contributed by atoms with van der Waals surface area (Å²) in [6, 6.07) is 7.88. The predicted octanol–water partition coefficient (Wildman–Crippen LogP) is 2.82. The van der Waals surface area contributed by atoms with Crippen molar-refractivity contribution in [2.75, 3.05) is 26.2 Å². The van der Waals surface area contributed by atoms with E-state index in [4.69, 9.17) is 21.0 Å². The van der Waals surface area contributed by atoms with E-state index >= 15 is 0 Å². The summed E-state index contributed by atoms with van der Waals surface area (Å²) in [7, 11) is -20.0. The molecule has 0 unspecified atom stereocenters. The molecule has 0 heterocycles. The Morgan fingerprint density at radius 3 is 0.776 bits per heavy atom. The van der Waals surface area contributed by atoms with E-state index in [0.29, 0.717) is 51.4 Å². The molecule has 0 saturated heterocycles. The smallest absolute Gasteiger partial charge is 0.214 e. The highest BCUT2D eigenvalue weighted by Crippen LogP contribution is 2.39. The lowest BCUT2D eigenvalue weighted by molar-refractivity contribution is 0.481. The minimum atomic E-state index is -5.00. The molecule has 280 valence electrons. The van der Waals surface area contributed by atoms with Crippen molar-refractivity contribution >= 4 is 40.1 Å². The third-order valence-electron chi connectivity index (χ3n) is 7.95. The van der Waals surface area contributed by atoms with E-state index < -0.39 is 54.7 Å². The fraction of sp³-hybridized carbons (Fsp3) is 0.862. The van der Waals surface area contributed by atoms with Gasteiger partial charge in [0.2, 0.25) is 48.3 Å². The summed E-state index contributed by atoms with van der Waals surface area (Å²) >= 11 is 0. The van der Waals surface area contributed by atoms with Crippen molar-refractivity contribution < 1.29 is 33.7 Å². The molecule has 0 spiro atoms. The number of nitrogens with zero attached hydrogens (tertiary/aromatic N) is 4. The molecule has 0 rings (SSSR count). The second-order valence-electron chi connectivity index (χ2n) is 11.9. The van der Waals surface area contributed by atoms with Gasteiger partial charge in [-0.2, -0.15) is 21.0 Å². The number of hydrogen-bond acceptors (Lipinski definition) is 12. The highest BCUT2D eigenvalue weighted by Gasteiger charge is 2.62. The Bertz CT molecular complexity index is 1370. The molecule has 0 aliphatic carbocycles. The zero-order valence-electron chi connectivity index (χ0n) is 28.5. The number of hydrogen-bond donors (Lipinski definition) is 4. The first kappa shape index (κ1) is 46.6. The second kappa shape index (κ2) is 23.1. The van der Waals surface area contributed by atoms with E-state index in [1.54, 1.807) is 0 Å². The van der Waals surface area contributed by atoms with Gasteiger partial charge >= 0.3 is 0 Å². The van der Waals surface area contributed by atoms with Crippen LogP contribution in [0.2, 0.25) is 0 Å². The molecular weight excluding hydrogens is 717 g/mol. The van der Waals surface area contributed by atoms with Crippen LogP contribution in [0.5, 0.6) is 0 Å². The van der Waals surface area contributed by atoms with Crippen molar-refractivity contribution in [1.82, 2.24) is 18.9 Å². The molecule has 49 heavy (non-hydrogen) atoms. The Morgan fingerprint density at radius 1 is 0.388 bits per heavy atom. The van der Waals surface area contributed by atoms with Crippen LogP contribution in [0.4, 0.5) is 0 Å². The fourth-order valence-electron chi connectivity index (χ4n) is 4.71. The van der Waals surface area contributed by atoms with Gasteiger partial charge in [-0.25, -0.2) is 52.6 Å². The SMILES string of the molecule is CC(CC(C)(S(=O)(=O)NCCCCCC#N)S(=O)(=O)NCCCCCC#N)(S(=O)(=O)NCCCCCC#N)S(=O)(=O)NCCCCCC#N. The molecule has 20 heteroatoms. The van der Waals surface area contributed by atoms with E-state index in [2.05, 4.69) is 18.9 Å². The van der Waals surface area contributed by atoms with Crippen LogP contribution < -0.4 is 18.9 Å². The molecule has 0 aliphatic rings. The average molecular weight is 769 g/mol. The number of unbranched alkanes of at least 4 members (excludes halogenated alkanes) is 12. The standard InChI is InChI=1S/C29H52N8O8S4/c1-28(46(38,39)34-23-15-7-3-11-19-30,47(40,41)35-24-16-8-4-12-20-31)27-29(2,48(42,43)36-25-17-9-5-13-21-32)49(44,45)37-26-18-10-6-14-22-33/h34-37H,3-18,23-27H2,1-2H3. The van der Waals surface area contributed by atoms with Crippen molar-refractivity contribution in [3.8, 4) is 24.3 Å². The van der Waals surface area contributed by atoms with Gasteiger partial charge < -0.3 is 0 Å². The molecule has 0 atom stereocenters. The van der Waals surface area contributed by atoms with Crippen molar-refractivity contribution in [3.63, 3.8) is 0 Å². The topological polar surface area (TPSA) is 280 Å². The Morgan fingerprint density at radius 2 is 0.592 bits per heavy atom. The van der Waals surface area contributed by atoms with Crippen molar-refractivity contribution in [1.29, 1.82) is 21.0 Å². The first-order valence-corrected chi connectivity index (χ1v) is 22.3. The molecule has 16 nitrogen and oxygen atoms in total. The first-order valence-electron chi connectivity index (χ1n) is 16.4. The highest BCUT2D eigenvalue weighted by molar-refractivity contribution is 8.10. The molecule has 0 aliphatic heterocycles. The number of nitrogens with one attached hydrogen (secondary N) is 4. The van der Waals surface area contributed by atoms with Crippen LogP contribution in [0.25, 0.3) is 0 Å². The molecule has 0 radical (unpaired) electrons. The predicted molar refractivity (Wildman–Crippen MR) is 185 cm³/mol. The molecule has 0 bridgehead atoms. The Balaban J connectivity index is 6.79. The van der Waals surface area contributed by atoms with Crippen molar-refractivity contribution in [3.05, 3.63) is 0 Å². The van der Waals surface area contributed by atoms with Crippen LogP contribution in [-0.4, -0.2) is 68.0 Å². The molecule has 4 N–H and O–H groups in total. The Labute approximate surface area is 294 Å². The lowest BCUT2D eigenvalue weighted by atomic mass is 10.2. The quantitative estimate of drug-likeness (QED) is 0.0768. The summed E-state index contributed by atoms with van der Waals surface area (Å²) in [6.45, 7) is 0.568. The summed E-state index contributed by atoms with van der Waals surface area (Å²) in [6.07, 6.45) is 4.13. The second-order valence-corrected chi connectivity index (χ2v) is 21.2. The number of nitriles is 4. The van der Waals surface area contributed by atoms with Gasteiger partial charge in [-0.05, 0) is 65.2 Å². The molecule has 0 fully saturated rings. The van der Waals surface area contributed by atoms with Gasteiger partial charge in [-0.3, -0.25) is 0 Å². The van der Waals surface area contributed by atoms with Gasteiger partial charge in [0, 0.05) is 58.3 Å². The Kier molecular flexibility index (Phi) is 22.0. The molecule has 0 aromatic heterocycles. The Hall–Kier alpha value is -2.40. The molecule has 0 saturated carbocycles. The first-order chi connectivity index (χ1) is 22.9. The fourth-order valence-corrected chi connectivity index (χ4v) is 12.9. The van der Waals surface area contributed by atoms with Gasteiger partial charge in [-0.15, -0.1) is 0 Å². The van der Waals surface area contributed by atoms with Gasteiger partial charge in [-0.1, -0.05) is 25.7 Å². The van der Waals surface area contributed by atoms with Crippen molar-refractivity contribution in [2.45, 2.75) is 131 Å². The molecule has 0 aromatic rings. The maximum atomic E-state index is 13.9. The van der Waals surface area contributed by atoms with E-state index in [1.807, 2.05) is 24.3 Å². The van der Waals surface area contributed by atoms with Crippen LogP contribution in [0, 0.1) is 45.3 Å². The average Bonchev–Trinajstić information content (AvgIpc) is 3.03. The summed E-state index contributed by atoms with van der Waals surface area (Å²) in [4.78, 5) is 0. The number of rotatable bonds is 30. The van der Waals surface area contributed by atoms with E-state index in [0.717, 1.165) is 13.8 Å². The van der Waals surface area contributed by atoms with Crippen molar-refractivity contribution in [2.24, 2.45) is 0 Å². The maximum Gasteiger partial charge on any atom is 0.233 e. The van der Waals surface area contributed by atoms with E-state index in [1.165, 1.54) is 0 Å². The summed E-state index contributed by atoms with van der Waals surface area (Å²) in [5.74, 6) is 0. The van der Waals surface area contributed by atoms with Crippen LogP contribution >= 0.6 is 0 Å². The molecule has 0 amide bonds. The zero-order chi connectivity index (χ0) is 37.5. The van der Waals surface area contributed by atoms with Gasteiger partial charge in [0.25, 0.3) is 0 Å². The third-order valence-corrected chi connectivity index (χ3v) is 18.0. The van der Waals surface area contributed by atoms with E-state index in [9.17, 15) is 33.7 Å². The minimum absolute atomic E-state index is 0.234. The van der Waals surface area contributed by atoms with Gasteiger partial charge in [0.15, 0.2) is 0 Å². The van der Waals surface area contributed by atoms with Crippen LogP contribution in [0.3, 0.4) is 0 Å². The van der Waals surface area contributed by atoms with Gasteiger partial charge in [0.05, 0.1) is 24.3 Å². The maximum absolute atomic E-state index is 13.9. The lowest BCUT2D eigenvalue weighted by Crippen LogP contribution is -2.63. The largest absolute Gasteiger partial charge is 0.233 e. The van der Waals surface area contributed by atoms with E-state index in [-0.39, 0.29) is 77.5 Å². The van der Waals surface area contributed by atoms with Gasteiger partial charge in [0.1, 0.15) is 0 Å². The summed E-state index contributed by atoms with van der Waals surface area (Å²) in [5.41, 5.74) is 0. The minimum Gasteiger partial charge on any atom is -0.214 e. The lowest BCUT2D eigenvalue weighted by Gasteiger charge is -2.37. The van der Waals surface area contributed by atoms with Crippen LogP contribution in [-0.2, 0) is 40.1 Å². The monoisotopic (exact) mass is 768 g/mol. The number of sulfonamides is 4. The highest BCUT2D eigenvalue weighted by atomic mass is 32.3. The normalized spacial score (nSPS) is 12.9. The third kappa shape index (κ3) is 15.2. The summed E-state index contributed by atoms with van der Waals surface area (Å²) in [5, 5.41) is 35.0. The molecular formula is C29H52N8O8S4. The summed E-state index contributed by atoms with van der Waals surface area (Å²) < 4.78 is 114. The van der Waals surface area contributed by atoms with Crippen LogP contribution in [0.15, 0.2) is 0 Å². The van der Waals surface area contributed by atoms with Crippen LogP contribution in [0.1, 0.15) is 123 Å².